The van der Waals surface area contributed by atoms with Gasteiger partial charge in [0.05, 0.1) is 5.39 Å². The summed E-state index contributed by atoms with van der Waals surface area (Å²) in [4.78, 5) is 4.61. The zero-order valence-electron chi connectivity index (χ0n) is 18.3. The van der Waals surface area contributed by atoms with Crippen LogP contribution in [0.3, 0.4) is 0 Å². The van der Waals surface area contributed by atoms with Crippen LogP contribution in [0.4, 0.5) is 0 Å². The number of pyridine rings is 1. The van der Waals surface area contributed by atoms with Gasteiger partial charge in [-0.1, -0.05) is 42.5 Å². The van der Waals surface area contributed by atoms with Crippen molar-refractivity contribution in [2.45, 2.75) is 6.92 Å². The second-order valence-electron chi connectivity index (χ2n) is 8.31. The summed E-state index contributed by atoms with van der Waals surface area (Å²) in [6.07, 6.45) is 1.86. The summed E-state index contributed by atoms with van der Waals surface area (Å²) in [7, 11) is 0. The van der Waals surface area contributed by atoms with Crippen molar-refractivity contribution in [2.24, 2.45) is 0 Å². The van der Waals surface area contributed by atoms with Gasteiger partial charge in [-0.05, 0) is 41.9 Å². The number of benzene rings is 4. The maximum atomic E-state index is 6.48. The molecule has 34 heavy (non-hydrogen) atoms. The predicted molar refractivity (Wildman–Crippen MR) is 133 cm³/mol. The monoisotopic (exact) mass is 617 g/mol. The van der Waals surface area contributed by atoms with E-state index < -0.39 is 0 Å². The van der Waals surface area contributed by atoms with Gasteiger partial charge in [-0.2, -0.15) is 0 Å². The molecule has 0 saturated heterocycles. The van der Waals surface area contributed by atoms with Gasteiger partial charge in [0.15, 0.2) is 0 Å². The van der Waals surface area contributed by atoms with Crippen LogP contribution in [0.5, 0.6) is 0 Å². The second-order valence-corrected chi connectivity index (χ2v) is 8.31. The summed E-state index contributed by atoms with van der Waals surface area (Å²) in [5, 5.41) is 4.32. The SMILES string of the molecule is Cc1c(-c2ccnc(-c3[c-]cccc3)c2)c2oc3ccccc3c2c2oc3ccccc3c12.[Ir]. The fraction of sp³-hybridized carbons (Fsp3) is 0.0333. The van der Waals surface area contributed by atoms with Crippen molar-refractivity contribution in [2.75, 3.05) is 0 Å². The van der Waals surface area contributed by atoms with Crippen LogP contribution in [0.25, 0.3) is 66.3 Å². The fourth-order valence-electron chi connectivity index (χ4n) is 4.97. The summed E-state index contributed by atoms with van der Waals surface area (Å²) in [6.45, 7) is 2.15. The molecule has 7 rings (SSSR count). The van der Waals surface area contributed by atoms with Crippen LogP contribution in [0.1, 0.15) is 5.56 Å². The van der Waals surface area contributed by atoms with Crippen LogP contribution in [-0.2, 0) is 20.1 Å². The molecular weight excluding hydrogens is 599 g/mol. The summed E-state index contributed by atoms with van der Waals surface area (Å²) < 4.78 is 12.9. The van der Waals surface area contributed by atoms with E-state index in [2.05, 4.69) is 48.3 Å². The van der Waals surface area contributed by atoms with Crippen molar-refractivity contribution in [3.63, 3.8) is 0 Å². The first kappa shape index (κ1) is 20.9. The van der Waals surface area contributed by atoms with E-state index in [-0.39, 0.29) is 20.1 Å². The quantitative estimate of drug-likeness (QED) is 0.184. The fourth-order valence-corrected chi connectivity index (χ4v) is 4.97. The molecule has 3 aromatic heterocycles. The second kappa shape index (κ2) is 7.95. The summed E-state index contributed by atoms with van der Waals surface area (Å²) >= 11 is 0. The van der Waals surface area contributed by atoms with Crippen molar-refractivity contribution in [1.29, 1.82) is 0 Å². The Morgan fingerprint density at radius 1 is 0.735 bits per heavy atom. The summed E-state index contributed by atoms with van der Waals surface area (Å²) in [5.41, 5.74) is 8.57. The first-order valence-electron chi connectivity index (χ1n) is 11.0. The van der Waals surface area contributed by atoms with Gasteiger partial charge in [-0.25, -0.2) is 0 Å². The van der Waals surface area contributed by atoms with Gasteiger partial charge < -0.3 is 13.8 Å². The van der Waals surface area contributed by atoms with E-state index in [1.165, 1.54) is 0 Å². The van der Waals surface area contributed by atoms with E-state index in [4.69, 9.17) is 8.83 Å². The van der Waals surface area contributed by atoms with E-state index in [9.17, 15) is 0 Å². The van der Waals surface area contributed by atoms with Gasteiger partial charge in [0.25, 0.3) is 0 Å². The van der Waals surface area contributed by atoms with E-state index >= 15 is 0 Å². The van der Waals surface area contributed by atoms with Crippen molar-refractivity contribution < 1.29 is 28.9 Å². The molecule has 7 aromatic rings. The van der Waals surface area contributed by atoms with Gasteiger partial charge in [0.1, 0.15) is 22.3 Å². The minimum absolute atomic E-state index is 0. The average Bonchev–Trinajstić information content (AvgIpc) is 3.43. The van der Waals surface area contributed by atoms with Crippen LogP contribution in [0, 0.1) is 13.0 Å². The Kier molecular flexibility index (Phi) is 4.88. The molecule has 0 amide bonds. The molecule has 4 aromatic carbocycles. The van der Waals surface area contributed by atoms with E-state index in [0.29, 0.717) is 0 Å². The molecule has 0 aliphatic rings. The predicted octanol–water partition coefficient (Wildman–Crippen LogP) is 8.32. The Morgan fingerprint density at radius 3 is 2.15 bits per heavy atom. The molecule has 0 bridgehead atoms. The molecule has 0 unspecified atom stereocenters. The van der Waals surface area contributed by atoms with Gasteiger partial charge in [-0.3, -0.25) is 0 Å². The number of nitrogens with zero attached hydrogens (tertiary/aromatic N) is 1. The first-order valence-corrected chi connectivity index (χ1v) is 11.0. The smallest absolute Gasteiger partial charge is 0.147 e. The molecule has 1 radical (unpaired) electrons. The molecule has 0 saturated carbocycles. The van der Waals surface area contributed by atoms with Gasteiger partial charge in [-0.15, -0.1) is 35.9 Å². The minimum atomic E-state index is 0. The molecule has 4 heteroatoms. The van der Waals surface area contributed by atoms with Gasteiger partial charge in [0, 0.05) is 48.0 Å². The topological polar surface area (TPSA) is 39.2 Å². The molecule has 0 atom stereocenters. The molecular formula is C30H18IrNO2-. The third-order valence-electron chi connectivity index (χ3n) is 6.43. The Bertz CT molecular complexity index is 1830. The Morgan fingerprint density at radius 2 is 1.41 bits per heavy atom. The van der Waals surface area contributed by atoms with E-state index in [0.717, 1.165) is 71.8 Å². The molecule has 3 heterocycles. The van der Waals surface area contributed by atoms with E-state index in [1.807, 2.05) is 60.8 Å². The number of aryl methyl sites for hydroxylation is 1. The van der Waals surface area contributed by atoms with Crippen molar-refractivity contribution in [3.05, 3.63) is 103 Å². The number of hydrogen-bond donors (Lipinski definition) is 0. The number of aromatic nitrogens is 1. The largest absolute Gasteiger partial charge is 0.455 e. The molecule has 165 valence electrons. The third-order valence-corrected chi connectivity index (χ3v) is 6.43. The summed E-state index contributed by atoms with van der Waals surface area (Å²) in [5.74, 6) is 0. The number of para-hydroxylation sites is 2. The minimum Gasteiger partial charge on any atom is -0.455 e. The van der Waals surface area contributed by atoms with E-state index in [1.54, 1.807) is 0 Å². The average molecular weight is 617 g/mol. The molecule has 0 aliphatic heterocycles. The van der Waals surface area contributed by atoms with Crippen molar-refractivity contribution >= 4 is 43.9 Å². The Labute approximate surface area is 209 Å². The maximum Gasteiger partial charge on any atom is 0.147 e. The van der Waals surface area contributed by atoms with Crippen LogP contribution >= 0.6 is 0 Å². The Balaban J connectivity index is 0.00000217. The first-order chi connectivity index (χ1) is 16.3. The van der Waals surface area contributed by atoms with Crippen LogP contribution in [0.15, 0.2) is 100.0 Å². The molecule has 0 fully saturated rings. The standard InChI is InChI=1S/C30H18NO2.Ir/c1-18-26(20-15-16-31-23(17-20)19-9-3-2-4-10-19)29-28(22-12-6-8-14-25(22)32-29)30-27(18)21-11-5-7-13-24(21)33-30;/h2-9,11-17H,1H3;/q-1;. The van der Waals surface area contributed by atoms with Crippen molar-refractivity contribution in [1.82, 2.24) is 4.98 Å². The molecule has 0 aliphatic carbocycles. The maximum absolute atomic E-state index is 6.48. The molecule has 0 spiro atoms. The van der Waals surface area contributed by atoms with Gasteiger partial charge >= 0.3 is 0 Å². The number of rotatable bonds is 2. The van der Waals surface area contributed by atoms with Gasteiger partial charge in [0.2, 0.25) is 0 Å². The Hall–Kier alpha value is -3.72. The third kappa shape index (κ3) is 2.96. The normalized spacial score (nSPS) is 11.4. The van der Waals surface area contributed by atoms with Crippen molar-refractivity contribution in [3.8, 4) is 22.4 Å². The molecule has 3 nitrogen and oxygen atoms in total. The molecule has 0 N–H and O–H groups in total. The summed E-state index contributed by atoms with van der Waals surface area (Å²) in [6, 6.07) is 31.8. The number of fused-ring (bicyclic) bond motifs is 7. The van der Waals surface area contributed by atoms with Crippen LogP contribution < -0.4 is 0 Å². The zero-order valence-corrected chi connectivity index (χ0v) is 20.7. The number of furan rings is 2. The zero-order chi connectivity index (χ0) is 21.9. The van der Waals surface area contributed by atoms with Crippen LogP contribution in [0.2, 0.25) is 0 Å². The van der Waals surface area contributed by atoms with Crippen LogP contribution in [-0.4, -0.2) is 4.98 Å². The number of hydrogen-bond acceptors (Lipinski definition) is 3.